The van der Waals surface area contributed by atoms with E-state index >= 15 is 0 Å². The molecule has 2 nitrogen and oxygen atoms in total. The molecule has 0 aliphatic rings. The average Bonchev–Trinajstić information content (AvgIpc) is 2.34. The van der Waals surface area contributed by atoms with Gasteiger partial charge in [-0.2, -0.15) is 0 Å². The predicted molar refractivity (Wildman–Crippen MR) is 78.0 cm³/mol. The number of hydrogen-bond acceptors (Lipinski definition) is 2. The van der Waals surface area contributed by atoms with Crippen LogP contribution in [0.5, 0.6) is 11.5 Å². The number of aryl methyl sites for hydroxylation is 2. The molecule has 2 aromatic rings. The Bertz CT molecular complexity index is 566. The largest absolute Gasteiger partial charge is 0.457 e. The lowest BCUT2D eigenvalue weighted by Crippen LogP contribution is -1.97. The van der Waals surface area contributed by atoms with Crippen molar-refractivity contribution in [3.63, 3.8) is 0 Å². The smallest absolute Gasteiger partial charge is 0.130 e. The SMILES string of the molecule is Cc1cc(Br)ccc1Oc1ccc(CN)cc1C. The molecule has 0 saturated heterocycles. The third-order valence-corrected chi connectivity index (χ3v) is 3.33. The summed E-state index contributed by atoms with van der Waals surface area (Å²) >= 11 is 3.45. The van der Waals surface area contributed by atoms with Crippen LogP contribution in [0.3, 0.4) is 0 Å². The lowest BCUT2D eigenvalue weighted by molar-refractivity contribution is 0.475. The second kappa shape index (κ2) is 5.55. The zero-order valence-electron chi connectivity index (χ0n) is 10.5. The molecule has 0 fully saturated rings. The quantitative estimate of drug-likeness (QED) is 0.916. The topological polar surface area (TPSA) is 35.2 Å². The number of hydrogen-bond donors (Lipinski definition) is 1. The summed E-state index contributed by atoms with van der Waals surface area (Å²) in [6.45, 7) is 4.62. The van der Waals surface area contributed by atoms with Gasteiger partial charge in [0.2, 0.25) is 0 Å². The molecule has 0 aromatic heterocycles. The molecule has 3 heteroatoms. The summed E-state index contributed by atoms with van der Waals surface area (Å²) < 4.78 is 6.99. The standard InChI is InChI=1S/C15H16BrNO/c1-10-7-12(9-17)3-5-14(10)18-15-6-4-13(16)8-11(15)2/h3-8H,9,17H2,1-2H3. The molecule has 0 atom stereocenters. The van der Waals surface area contributed by atoms with Crippen LogP contribution in [0.25, 0.3) is 0 Å². The van der Waals surface area contributed by atoms with Gasteiger partial charge >= 0.3 is 0 Å². The monoisotopic (exact) mass is 305 g/mol. The molecule has 0 bridgehead atoms. The van der Waals surface area contributed by atoms with E-state index in [4.69, 9.17) is 10.5 Å². The fraction of sp³-hybridized carbons (Fsp3) is 0.200. The normalized spacial score (nSPS) is 10.4. The van der Waals surface area contributed by atoms with Gasteiger partial charge in [0.1, 0.15) is 11.5 Å². The van der Waals surface area contributed by atoms with Crippen LogP contribution in [0.4, 0.5) is 0 Å². The Kier molecular flexibility index (Phi) is 4.04. The van der Waals surface area contributed by atoms with Gasteiger partial charge in [-0.1, -0.05) is 28.1 Å². The number of halogens is 1. The van der Waals surface area contributed by atoms with Crippen LogP contribution in [0.2, 0.25) is 0 Å². The Labute approximate surface area is 116 Å². The number of benzene rings is 2. The van der Waals surface area contributed by atoms with Crippen LogP contribution in [0.15, 0.2) is 40.9 Å². The molecule has 0 unspecified atom stereocenters. The van der Waals surface area contributed by atoms with E-state index in [1.807, 2.05) is 44.2 Å². The molecule has 2 aromatic carbocycles. The van der Waals surface area contributed by atoms with Gasteiger partial charge in [-0.25, -0.2) is 0 Å². The Morgan fingerprint density at radius 3 is 2.17 bits per heavy atom. The Hall–Kier alpha value is -1.32. The number of nitrogens with two attached hydrogens (primary N) is 1. The van der Waals surface area contributed by atoms with Crippen LogP contribution < -0.4 is 10.5 Å². The predicted octanol–water partition coefficient (Wildman–Crippen LogP) is 4.32. The maximum Gasteiger partial charge on any atom is 0.130 e. The second-order valence-corrected chi connectivity index (χ2v) is 5.23. The van der Waals surface area contributed by atoms with E-state index in [0.717, 1.165) is 32.7 Å². The van der Waals surface area contributed by atoms with Gasteiger partial charge in [0.15, 0.2) is 0 Å². The van der Waals surface area contributed by atoms with Crippen LogP contribution in [0, 0.1) is 13.8 Å². The fourth-order valence-electron chi connectivity index (χ4n) is 1.80. The number of ether oxygens (including phenoxy) is 1. The summed E-state index contributed by atoms with van der Waals surface area (Å²) in [6.07, 6.45) is 0. The minimum Gasteiger partial charge on any atom is -0.457 e. The molecule has 0 aliphatic heterocycles. The van der Waals surface area contributed by atoms with E-state index in [9.17, 15) is 0 Å². The van der Waals surface area contributed by atoms with Gasteiger partial charge in [-0.3, -0.25) is 0 Å². The molecule has 2 N–H and O–H groups in total. The third kappa shape index (κ3) is 2.92. The molecular formula is C15H16BrNO. The Morgan fingerprint density at radius 1 is 1.00 bits per heavy atom. The van der Waals surface area contributed by atoms with Gasteiger partial charge in [0, 0.05) is 11.0 Å². The van der Waals surface area contributed by atoms with Crippen LogP contribution in [-0.2, 0) is 6.54 Å². The molecule has 94 valence electrons. The van der Waals surface area contributed by atoms with Gasteiger partial charge in [0.05, 0.1) is 0 Å². The fourth-order valence-corrected chi connectivity index (χ4v) is 2.27. The van der Waals surface area contributed by atoms with Crippen molar-refractivity contribution in [3.05, 3.63) is 57.6 Å². The molecule has 2 rings (SSSR count). The van der Waals surface area contributed by atoms with Crippen LogP contribution in [-0.4, -0.2) is 0 Å². The van der Waals surface area contributed by atoms with Crippen LogP contribution in [0.1, 0.15) is 16.7 Å². The van der Waals surface area contributed by atoms with Crippen LogP contribution >= 0.6 is 15.9 Å². The molecule has 18 heavy (non-hydrogen) atoms. The van der Waals surface area contributed by atoms with E-state index < -0.39 is 0 Å². The maximum atomic E-state index is 5.93. The van der Waals surface area contributed by atoms with Crippen molar-refractivity contribution >= 4 is 15.9 Å². The zero-order chi connectivity index (χ0) is 13.1. The summed E-state index contributed by atoms with van der Waals surface area (Å²) in [5.74, 6) is 1.75. The summed E-state index contributed by atoms with van der Waals surface area (Å²) in [6, 6.07) is 12.0. The Balaban J connectivity index is 2.28. The average molecular weight is 306 g/mol. The maximum absolute atomic E-state index is 5.93. The molecule has 0 aliphatic carbocycles. The minimum atomic E-state index is 0.554. The first kappa shape index (κ1) is 13.1. The molecule has 0 heterocycles. The van der Waals surface area contributed by atoms with Crippen molar-refractivity contribution in [3.8, 4) is 11.5 Å². The molecule has 0 amide bonds. The summed E-state index contributed by atoms with van der Waals surface area (Å²) in [5, 5.41) is 0. The second-order valence-electron chi connectivity index (χ2n) is 4.32. The highest BCUT2D eigenvalue weighted by atomic mass is 79.9. The molecule has 0 spiro atoms. The molecule has 0 saturated carbocycles. The van der Waals surface area contributed by atoms with Gasteiger partial charge in [-0.15, -0.1) is 0 Å². The third-order valence-electron chi connectivity index (χ3n) is 2.83. The first-order valence-corrected chi connectivity index (χ1v) is 6.63. The highest BCUT2D eigenvalue weighted by Crippen LogP contribution is 2.29. The number of rotatable bonds is 3. The van der Waals surface area contributed by atoms with Crippen molar-refractivity contribution < 1.29 is 4.74 Å². The van der Waals surface area contributed by atoms with Gasteiger partial charge < -0.3 is 10.5 Å². The first-order valence-electron chi connectivity index (χ1n) is 5.84. The van der Waals surface area contributed by atoms with E-state index in [0.29, 0.717) is 6.54 Å². The zero-order valence-corrected chi connectivity index (χ0v) is 12.1. The first-order chi connectivity index (χ1) is 8.60. The van der Waals surface area contributed by atoms with Crippen molar-refractivity contribution in [1.29, 1.82) is 0 Å². The summed E-state index contributed by atoms with van der Waals surface area (Å²) in [4.78, 5) is 0. The lowest BCUT2D eigenvalue weighted by Gasteiger charge is -2.12. The van der Waals surface area contributed by atoms with Gasteiger partial charge in [0.25, 0.3) is 0 Å². The van der Waals surface area contributed by atoms with Crippen molar-refractivity contribution in [2.75, 3.05) is 0 Å². The molecule has 0 radical (unpaired) electrons. The summed E-state index contributed by atoms with van der Waals surface area (Å²) in [5.41, 5.74) is 8.93. The van der Waals surface area contributed by atoms with E-state index in [2.05, 4.69) is 22.0 Å². The lowest BCUT2D eigenvalue weighted by atomic mass is 10.1. The molecular weight excluding hydrogens is 290 g/mol. The van der Waals surface area contributed by atoms with E-state index in [1.54, 1.807) is 0 Å². The summed E-state index contributed by atoms with van der Waals surface area (Å²) in [7, 11) is 0. The highest BCUT2D eigenvalue weighted by molar-refractivity contribution is 9.10. The van der Waals surface area contributed by atoms with Gasteiger partial charge in [-0.05, 0) is 54.8 Å². The minimum absolute atomic E-state index is 0.554. The van der Waals surface area contributed by atoms with Crippen molar-refractivity contribution in [2.24, 2.45) is 5.73 Å². The van der Waals surface area contributed by atoms with E-state index in [-0.39, 0.29) is 0 Å². The van der Waals surface area contributed by atoms with E-state index in [1.165, 1.54) is 0 Å². The van der Waals surface area contributed by atoms with Crippen molar-refractivity contribution in [2.45, 2.75) is 20.4 Å². The Morgan fingerprint density at radius 2 is 1.61 bits per heavy atom. The van der Waals surface area contributed by atoms with Crippen molar-refractivity contribution in [1.82, 2.24) is 0 Å². The highest BCUT2D eigenvalue weighted by Gasteiger charge is 2.05.